The maximum Gasteiger partial charge on any atom is 0.241 e. The SMILES string of the molecule is C[C@H](N)C(=O)Nc1c(Cl)cc(F)cc1Cl. The summed E-state index contributed by atoms with van der Waals surface area (Å²) in [4.78, 5) is 11.3. The van der Waals surface area contributed by atoms with Crippen LogP contribution in [0.1, 0.15) is 6.92 Å². The molecule has 3 nitrogen and oxygen atoms in total. The summed E-state index contributed by atoms with van der Waals surface area (Å²) in [5.74, 6) is -1.01. The van der Waals surface area contributed by atoms with E-state index in [0.717, 1.165) is 12.1 Å². The van der Waals surface area contributed by atoms with Gasteiger partial charge in [0, 0.05) is 0 Å². The van der Waals surface area contributed by atoms with Crippen molar-refractivity contribution >= 4 is 34.8 Å². The number of anilines is 1. The second-order valence-electron chi connectivity index (χ2n) is 3.02. The molecule has 0 aromatic heterocycles. The minimum absolute atomic E-state index is 0.0361. The summed E-state index contributed by atoms with van der Waals surface area (Å²) in [5, 5.41) is 2.48. The zero-order valence-corrected chi connectivity index (χ0v) is 9.36. The fraction of sp³-hybridized carbons (Fsp3) is 0.222. The summed E-state index contributed by atoms with van der Waals surface area (Å²) in [5.41, 5.74) is 5.51. The van der Waals surface area contributed by atoms with Crippen molar-refractivity contribution in [2.24, 2.45) is 5.73 Å². The number of nitrogens with one attached hydrogen (secondary N) is 1. The highest BCUT2D eigenvalue weighted by atomic mass is 35.5. The Bertz CT molecular complexity index is 373. The van der Waals surface area contributed by atoms with E-state index in [1.807, 2.05) is 0 Å². The van der Waals surface area contributed by atoms with Crippen LogP contribution in [0.15, 0.2) is 12.1 Å². The van der Waals surface area contributed by atoms with E-state index in [-0.39, 0.29) is 15.7 Å². The predicted molar refractivity (Wildman–Crippen MR) is 58.7 cm³/mol. The van der Waals surface area contributed by atoms with Gasteiger partial charge in [-0.1, -0.05) is 23.2 Å². The van der Waals surface area contributed by atoms with Crippen molar-refractivity contribution in [3.63, 3.8) is 0 Å². The number of benzene rings is 1. The smallest absolute Gasteiger partial charge is 0.241 e. The predicted octanol–water partition coefficient (Wildman–Crippen LogP) is 2.42. The molecule has 3 N–H and O–H groups in total. The summed E-state index contributed by atoms with van der Waals surface area (Å²) in [6, 6.07) is 1.43. The van der Waals surface area contributed by atoms with Crippen LogP contribution in [0.5, 0.6) is 0 Å². The lowest BCUT2D eigenvalue weighted by atomic mass is 10.2. The standard InChI is InChI=1S/C9H9Cl2FN2O/c1-4(13)9(15)14-8-6(10)2-5(12)3-7(8)11/h2-4H,13H2,1H3,(H,14,15)/t4-/m0/s1. The van der Waals surface area contributed by atoms with Gasteiger partial charge in [0.15, 0.2) is 0 Å². The lowest BCUT2D eigenvalue weighted by Gasteiger charge is -2.11. The first-order chi connectivity index (χ1) is 6.91. The number of carbonyl (C=O) groups is 1. The van der Waals surface area contributed by atoms with Crippen LogP contribution in [0.2, 0.25) is 10.0 Å². The third kappa shape index (κ3) is 3.06. The Hall–Kier alpha value is -0.840. The molecule has 0 aliphatic carbocycles. The molecule has 1 amide bonds. The molecule has 1 rings (SSSR count). The monoisotopic (exact) mass is 250 g/mol. The van der Waals surface area contributed by atoms with Gasteiger partial charge in [-0.3, -0.25) is 4.79 Å². The zero-order chi connectivity index (χ0) is 11.6. The average molecular weight is 251 g/mol. The van der Waals surface area contributed by atoms with E-state index in [0.29, 0.717) is 0 Å². The molecule has 0 saturated carbocycles. The fourth-order valence-electron chi connectivity index (χ4n) is 0.899. The first-order valence-corrected chi connectivity index (χ1v) is 4.88. The Morgan fingerprint density at radius 1 is 1.47 bits per heavy atom. The van der Waals surface area contributed by atoms with Gasteiger partial charge in [0.2, 0.25) is 5.91 Å². The Morgan fingerprint density at radius 2 is 1.93 bits per heavy atom. The minimum Gasteiger partial charge on any atom is -0.322 e. The number of halogens is 3. The van der Waals surface area contributed by atoms with Crippen molar-refractivity contribution in [1.29, 1.82) is 0 Å². The maximum absolute atomic E-state index is 12.8. The molecule has 0 heterocycles. The third-order valence-corrected chi connectivity index (χ3v) is 2.26. The van der Waals surface area contributed by atoms with Gasteiger partial charge in [-0.15, -0.1) is 0 Å². The fourth-order valence-corrected chi connectivity index (χ4v) is 1.45. The molecule has 6 heteroatoms. The number of rotatable bonds is 2. The highest BCUT2D eigenvalue weighted by Gasteiger charge is 2.13. The van der Waals surface area contributed by atoms with E-state index < -0.39 is 17.8 Å². The van der Waals surface area contributed by atoms with Gasteiger partial charge in [0.25, 0.3) is 0 Å². The van der Waals surface area contributed by atoms with Crippen LogP contribution in [0.3, 0.4) is 0 Å². The van der Waals surface area contributed by atoms with Gasteiger partial charge in [0.05, 0.1) is 21.8 Å². The van der Waals surface area contributed by atoms with Crippen LogP contribution in [-0.4, -0.2) is 11.9 Å². The van der Waals surface area contributed by atoms with Crippen molar-refractivity contribution in [2.45, 2.75) is 13.0 Å². The van der Waals surface area contributed by atoms with Crippen LogP contribution in [0, 0.1) is 5.82 Å². The molecule has 1 atom stereocenters. The van der Waals surface area contributed by atoms with Crippen molar-refractivity contribution in [3.05, 3.63) is 28.0 Å². The quantitative estimate of drug-likeness (QED) is 0.847. The highest BCUT2D eigenvalue weighted by molar-refractivity contribution is 6.39. The molecule has 0 unspecified atom stereocenters. The van der Waals surface area contributed by atoms with E-state index in [4.69, 9.17) is 28.9 Å². The van der Waals surface area contributed by atoms with E-state index >= 15 is 0 Å². The zero-order valence-electron chi connectivity index (χ0n) is 7.85. The van der Waals surface area contributed by atoms with Gasteiger partial charge in [-0.2, -0.15) is 0 Å². The second-order valence-corrected chi connectivity index (χ2v) is 3.84. The topological polar surface area (TPSA) is 55.1 Å². The molecule has 0 fully saturated rings. The van der Waals surface area contributed by atoms with Gasteiger partial charge in [0.1, 0.15) is 5.82 Å². The number of amides is 1. The van der Waals surface area contributed by atoms with Crippen molar-refractivity contribution in [1.82, 2.24) is 0 Å². The van der Waals surface area contributed by atoms with Crippen molar-refractivity contribution in [3.8, 4) is 0 Å². The molecule has 0 aliphatic rings. The molecule has 0 spiro atoms. The Balaban J connectivity index is 3.00. The first kappa shape index (κ1) is 12.2. The van der Waals surface area contributed by atoms with Crippen LogP contribution in [-0.2, 0) is 4.79 Å². The summed E-state index contributed by atoms with van der Waals surface area (Å²) < 4.78 is 12.8. The lowest BCUT2D eigenvalue weighted by Crippen LogP contribution is -2.32. The molecule has 0 bridgehead atoms. The molecular weight excluding hydrogens is 242 g/mol. The molecular formula is C9H9Cl2FN2O. The summed E-state index contributed by atoms with van der Waals surface area (Å²) >= 11 is 11.4. The highest BCUT2D eigenvalue weighted by Crippen LogP contribution is 2.31. The number of hydrogen-bond donors (Lipinski definition) is 2. The molecule has 82 valence electrons. The van der Waals surface area contributed by atoms with E-state index in [1.54, 1.807) is 0 Å². The number of nitrogens with two attached hydrogens (primary N) is 1. The summed E-state index contributed by atoms with van der Waals surface area (Å²) in [6.07, 6.45) is 0. The summed E-state index contributed by atoms with van der Waals surface area (Å²) in [6.45, 7) is 1.51. The molecule has 0 aliphatic heterocycles. The van der Waals surface area contributed by atoms with Crippen molar-refractivity contribution in [2.75, 3.05) is 5.32 Å². The molecule has 0 radical (unpaired) electrons. The van der Waals surface area contributed by atoms with Crippen LogP contribution < -0.4 is 11.1 Å². The number of hydrogen-bond acceptors (Lipinski definition) is 2. The summed E-state index contributed by atoms with van der Waals surface area (Å²) in [7, 11) is 0. The largest absolute Gasteiger partial charge is 0.322 e. The van der Waals surface area contributed by atoms with Gasteiger partial charge in [-0.25, -0.2) is 4.39 Å². The third-order valence-electron chi connectivity index (χ3n) is 1.67. The normalized spacial score (nSPS) is 12.3. The molecule has 1 aromatic carbocycles. The van der Waals surface area contributed by atoms with Gasteiger partial charge < -0.3 is 11.1 Å². The van der Waals surface area contributed by atoms with Gasteiger partial charge in [-0.05, 0) is 19.1 Å². The molecule has 15 heavy (non-hydrogen) atoms. The molecule has 1 aromatic rings. The van der Waals surface area contributed by atoms with E-state index in [2.05, 4.69) is 5.32 Å². The Morgan fingerprint density at radius 3 is 2.33 bits per heavy atom. The lowest BCUT2D eigenvalue weighted by molar-refractivity contribution is -0.117. The van der Waals surface area contributed by atoms with Gasteiger partial charge >= 0.3 is 0 Å². The second kappa shape index (κ2) is 4.79. The van der Waals surface area contributed by atoms with Crippen LogP contribution in [0.4, 0.5) is 10.1 Å². The Kier molecular flexibility index (Phi) is 3.90. The van der Waals surface area contributed by atoms with Crippen molar-refractivity contribution < 1.29 is 9.18 Å². The Labute approximate surface area is 96.3 Å². The first-order valence-electron chi connectivity index (χ1n) is 4.13. The van der Waals surface area contributed by atoms with E-state index in [1.165, 1.54) is 6.92 Å². The number of carbonyl (C=O) groups excluding carboxylic acids is 1. The van der Waals surface area contributed by atoms with E-state index in [9.17, 15) is 9.18 Å². The molecule has 0 saturated heterocycles. The average Bonchev–Trinajstić information content (AvgIpc) is 2.10. The van der Waals surface area contributed by atoms with Crippen LogP contribution >= 0.6 is 23.2 Å². The van der Waals surface area contributed by atoms with Crippen LogP contribution in [0.25, 0.3) is 0 Å². The minimum atomic E-state index is -0.692. The maximum atomic E-state index is 12.8.